The standard InChI is InChI=1S/C21H30N4O2S.HI/c1-5-22-21(23-13-14-25(3)19-9-7-6-8-10-19)24-16-18-11-12-20(17(2)15-18)28(4,26)27;/h6-12,15H,5,13-14,16H2,1-4H3,(H2,22,23,24);1H. The molecule has 0 saturated heterocycles. The van der Waals surface area contributed by atoms with Gasteiger partial charge >= 0.3 is 0 Å². The van der Waals surface area contributed by atoms with Crippen LogP contribution in [0.25, 0.3) is 0 Å². The third-order valence-electron chi connectivity index (χ3n) is 4.34. The number of hydrogen-bond donors (Lipinski definition) is 2. The van der Waals surface area contributed by atoms with Crippen LogP contribution in [-0.2, 0) is 16.4 Å². The maximum atomic E-state index is 11.7. The highest BCUT2D eigenvalue weighted by Crippen LogP contribution is 2.17. The molecule has 0 saturated carbocycles. The number of nitrogens with one attached hydrogen (secondary N) is 2. The Bertz CT molecular complexity index is 902. The van der Waals surface area contributed by atoms with E-state index in [1.807, 2.05) is 44.2 Å². The summed E-state index contributed by atoms with van der Waals surface area (Å²) in [5.74, 6) is 0.744. The summed E-state index contributed by atoms with van der Waals surface area (Å²) < 4.78 is 23.5. The molecular formula is C21H31IN4O2S. The van der Waals surface area contributed by atoms with E-state index in [1.54, 1.807) is 6.07 Å². The number of likely N-dealkylation sites (N-methyl/N-ethyl adjacent to an activating group) is 1. The van der Waals surface area contributed by atoms with Crippen molar-refractivity contribution in [1.82, 2.24) is 10.6 Å². The number of halogens is 1. The fraction of sp³-hybridized carbons (Fsp3) is 0.381. The van der Waals surface area contributed by atoms with Crippen LogP contribution >= 0.6 is 24.0 Å². The van der Waals surface area contributed by atoms with Gasteiger partial charge in [-0.25, -0.2) is 13.4 Å². The van der Waals surface area contributed by atoms with Crippen molar-refractivity contribution in [3.8, 4) is 0 Å². The van der Waals surface area contributed by atoms with Crippen molar-refractivity contribution in [2.24, 2.45) is 4.99 Å². The van der Waals surface area contributed by atoms with Gasteiger partial charge in [0.1, 0.15) is 0 Å². The summed E-state index contributed by atoms with van der Waals surface area (Å²) in [6.07, 6.45) is 1.23. The Kier molecular flexibility index (Phi) is 10.5. The molecule has 2 aromatic carbocycles. The quantitative estimate of drug-likeness (QED) is 0.312. The van der Waals surface area contributed by atoms with Crippen LogP contribution < -0.4 is 15.5 Å². The van der Waals surface area contributed by atoms with Crippen LogP contribution in [0.5, 0.6) is 0 Å². The summed E-state index contributed by atoms with van der Waals surface area (Å²) in [7, 11) is -1.14. The highest BCUT2D eigenvalue weighted by atomic mass is 127. The van der Waals surface area contributed by atoms with Crippen LogP contribution in [0.3, 0.4) is 0 Å². The van der Waals surface area contributed by atoms with Crippen molar-refractivity contribution in [2.75, 3.05) is 37.8 Å². The molecule has 6 nitrogen and oxygen atoms in total. The average molecular weight is 530 g/mol. The number of anilines is 1. The predicted octanol–water partition coefficient (Wildman–Crippen LogP) is 3.21. The molecule has 2 aromatic rings. The number of nitrogens with zero attached hydrogens (tertiary/aromatic N) is 2. The number of guanidine groups is 1. The molecule has 0 fully saturated rings. The maximum absolute atomic E-state index is 11.7. The topological polar surface area (TPSA) is 73.8 Å². The van der Waals surface area contributed by atoms with E-state index < -0.39 is 9.84 Å². The van der Waals surface area contributed by atoms with Crippen molar-refractivity contribution in [2.45, 2.75) is 25.3 Å². The summed E-state index contributed by atoms with van der Waals surface area (Å²) >= 11 is 0. The van der Waals surface area contributed by atoms with Gasteiger partial charge in [-0.15, -0.1) is 24.0 Å². The SMILES string of the molecule is CCNC(=NCc1ccc(S(C)(=O)=O)c(C)c1)NCCN(C)c1ccccc1.I. The third-order valence-corrected chi connectivity index (χ3v) is 5.60. The first-order chi connectivity index (χ1) is 13.3. The Morgan fingerprint density at radius 3 is 2.38 bits per heavy atom. The Balaban J connectivity index is 0.00000420. The zero-order chi connectivity index (χ0) is 20.6. The highest BCUT2D eigenvalue weighted by molar-refractivity contribution is 14.0. The fourth-order valence-electron chi connectivity index (χ4n) is 2.89. The van der Waals surface area contributed by atoms with Crippen molar-refractivity contribution in [3.63, 3.8) is 0 Å². The van der Waals surface area contributed by atoms with Gasteiger partial charge in [0.25, 0.3) is 0 Å². The number of aryl methyl sites for hydroxylation is 1. The summed E-state index contributed by atoms with van der Waals surface area (Å²) in [6.45, 7) is 6.69. The number of sulfone groups is 1. The fourth-order valence-corrected chi connectivity index (χ4v) is 3.85. The molecule has 0 radical (unpaired) electrons. The maximum Gasteiger partial charge on any atom is 0.191 e. The van der Waals surface area contributed by atoms with Gasteiger partial charge in [0.05, 0.1) is 11.4 Å². The first-order valence-corrected chi connectivity index (χ1v) is 11.3. The van der Waals surface area contributed by atoms with Gasteiger partial charge < -0.3 is 15.5 Å². The zero-order valence-corrected chi connectivity index (χ0v) is 20.6. The second-order valence-corrected chi connectivity index (χ2v) is 8.74. The molecule has 160 valence electrons. The van der Waals surface area contributed by atoms with E-state index in [1.165, 1.54) is 11.9 Å². The van der Waals surface area contributed by atoms with Gasteiger partial charge in [-0.05, 0) is 43.2 Å². The molecule has 0 aliphatic carbocycles. The van der Waals surface area contributed by atoms with Crippen molar-refractivity contribution in [1.29, 1.82) is 0 Å². The van der Waals surface area contributed by atoms with Crippen LogP contribution in [0.2, 0.25) is 0 Å². The summed E-state index contributed by atoms with van der Waals surface area (Å²) in [4.78, 5) is 7.17. The lowest BCUT2D eigenvalue weighted by Crippen LogP contribution is -2.41. The largest absolute Gasteiger partial charge is 0.373 e. The summed E-state index contributed by atoms with van der Waals surface area (Å²) in [6, 6.07) is 15.6. The number of para-hydroxylation sites is 1. The number of aliphatic imine (C=N–C) groups is 1. The van der Waals surface area contributed by atoms with Gasteiger partial charge in [0.15, 0.2) is 15.8 Å². The zero-order valence-electron chi connectivity index (χ0n) is 17.5. The van der Waals surface area contributed by atoms with E-state index in [9.17, 15) is 8.42 Å². The molecule has 2 rings (SSSR count). The molecule has 0 heterocycles. The lowest BCUT2D eigenvalue weighted by molar-refractivity contribution is 0.601. The van der Waals surface area contributed by atoms with E-state index in [0.29, 0.717) is 11.4 Å². The minimum Gasteiger partial charge on any atom is -0.373 e. The lowest BCUT2D eigenvalue weighted by Gasteiger charge is -2.20. The molecule has 0 aromatic heterocycles. The van der Waals surface area contributed by atoms with E-state index in [4.69, 9.17) is 0 Å². The Morgan fingerprint density at radius 1 is 1.10 bits per heavy atom. The Labute approximate surface area is 191 Å². The van der Waals surface area contributed by atoms with Crippen molar-refractivity contribution in [3.05, 3.63) is 59.7 Å². The van der Waals surface area contributed by atoms with Crippen LogP contribution in [0.1, 0.15) is 18.1 Å². The summed E-state index contributed by atoms with van der Waals surface area (Å²) in [5, 5.41) is 6.58. The van der Waals surface area contributed by atoms with E-state index in [2.05, 4.69) is 39.7 Å². The molecule has 0 spiro atoms. The first-order valence-electron chi connectivity index (χ1n) is 9.39. The highest BCUT2D eigenvalue weighted by Gasteiger charge is 2.10. The van der Waals surface area contributed by atoms with E-state index in [0.717, 1.165) is 36.7 Å². The predicted molar refractivity (Wildman–Crippen MR) is 132 cm³/mol. The first kappa shape index (κ1) is 25.2. The smallest absolute Gasteiger partial charge is 0.191 e. The molecule has 2 N–H and O–H groups in total. The summed E-state index contributed by atoms with van der Waals surface area (Å²) in [5.41, 5.74) is 2.90. The molecule has 0 atom stereocenters. The molecule has 0 aliphatic heterocycles. The second-order valence-electron chi connectivity index (χ2n) is 6.75. The molecular weight excluding hydrogens is 499 g/mol. The number of benzene rings is 2. The molecule has 8 heteroatoms. The van der Waals surface area contributed by atoms with Crippen molar-refractivity contribution >= 4 is 45.5 Å². The van der Waals surface area contributed by atoms with Crippen molar-refractivity contribution < 1.29 is 8.42 Å². The van der Waals surface area contributed by atoms with Crippen LogP contribution in [0.15, 0.2) is 58.4 Å². The van der Waals surface area contributed by atoms with Gasteiger partial charge in [0, 0.05) is 38.6 Å². The van der Waals surface area contributed by atoms with Gasteiger partial charge in [-0.1, -0.05) is 30.3 Å². The van der Waals surface area contributed by atoms with E-state index >= 15 is 0 Å². The monoisotopic (exact) mass is 530 g/mol. The third kappa shape index (κ3) is 8.22. The van der Waals surface area contributed by atoms with Crippen LogP contribution in [0, 0.1) is 6.92 Å². The van der Waals surface area contributed by atoms with Crippen LogP contribution in [-0.4, -0.2) is 47.3 Å². The molecule has 29 heavy (non-hydrogen) atoms. The molecule has 0 amide bonds. The van der Waals surface area contributed by atoms with Gasteiger partial charge in [0.2, 0.25) is 0 Å². The Morgan fingerprint density at radius 2 is 1.79 bits per heavy atom. The van der Waals surface area contributed by atoms with Crippen LogP contribution in [0.4, 0.5) is 5.69 Å². The lowest BCUT2D eigenvalue weighted by atomic mass is 10.1. The molecule has 0 aliphatic rings. The molecule has 0 bridgehead atoms. The Hall–Kier alpha value is -1.81. The average Bonchev–Trinajstić information content (AvgIpc) is 2.65. The second kappa shape index (κ2) is 12.0. The van der Waals surface area contributed by atoms with Gasteiger partial charge in [-0.2, -0.15) is 0 Å². The molecule has 0 unspecified atom stereocenters. The number of hydrogen-bond acceptors (Lipinski definition) is 4. The minimum absolute atomic E-state index is 0. The van der Waals surface area contributed by atoms with Gasteiger partial charge in [-0.3, -0.25) is 0 Å². The van der Waals surface area contributed by atoms with E-state index in [-0.39, 0.29) is 24.0 Å². The minimum atomic E-state index is -3.20. The number of rotatable bonds is 8. The normalized spacial score (nSPS) is 11.5.